The fraction of sp³-hybridized carbons (Fsp3) is 0.957. The number of nitrogens with two attached hydrogens (primary N) is 2. The zero-order chi connectivity index (χ0) is 22.7. The van der Waals surface area contributed by atoms with Gasteiger partial charge in [0.2, 0.25) is 5.91 Å². The summed E-state index contributed by atoms with van der Waals surface area (Å²) in [6.07, 6.45) is 8.54. The monoisotopic (exact) mass is 450 g/mol. The topological polar surface area (TPSA) is 124 Å². The Morgan fingerprint density at radius 3 is 2.47 bits per heavy atom. The Morgan fingerprint density at radius 1 is 1.03 bits per heavy atom. The van der Waals surface area contributed by atoms with Crippen molar-refractivity contribution in [1.29, 1.82) is 0 Å². The van der Waals surface area contributed by atoms with Gasteiger partial charge in [-0.25, -0.2) is 0 Å². The van der Waals surface area contributed by atoms with Gasteiger partial charge in [0.1, 0.15) is 6.29 Å². The maximum absolute atomic E-state index is 12.3. The van der Waals surface area contributed by atoms with Crippen LogP contribution in [-0.2, 0) is 4.79 Å². The first kappa shape index (κ1) is 24.3. The van der Waals surface area contributed by atoms with Crippen LogP contribution in [0.1, 0.15) is 58.8 Å². The summed E-state index contributed by atoms with van der Waals surface area (Å²) in [5.41, 5.74) is 12.0. The molecule has 0 saturated carbocycles. The smallest absolute Gasteiger partial charge is 0.224 e. The van der Waals surface area contributed by atoms with Crippen molar-refractivity contribution >= 4 is 5.91 Å². The van der Waals surface area contributed by atoms with E-state index in [-0.39, 0.29) is 30.3 Å². The zero-order valence-electron chi connectivity index (χ0n) is 20.1. The third-order valence-electron chi connectivity index (χ3n) is 7.99. The quantitative estimate of drug-likeness (QED) is 0.320. The molecule has 4 aliphatic heterocycles. The number of primary amides is 1. The van der Waals surface area contributed by atoms with Gasteiger partial charge in [0.05, 0.1) is 18.2 Å². The van der Waals surface area contributed by atoms with E-state index in [4.69, 9.17) is 11.5 Å². The highest BCUT2D eigenvalue weighted by atomic mass is 16.1. The minimum absolute atomic E-state index is 0.0231. The number of nitrogens with one attached hydrogen (secondary N) is 4. The fourth-order valence-corrected chi connectivity index (χ4v) is 6.03. The second-order valence-electron chi connectivity index (χ2n) is 10.8. The Hall–Kier alpha value is -0.810. The van der Waals surface area contributed by atoms with Crippen LogP contribution >= 0.6 is 0 Å². The predicted molar refractivity (Wildman–Crippen MR) is 127 cm³/mol. The molecule has 0 radical (unpaired) electrons. The molecule has 9 heteroatoms. The van der Waals surface area contributed by atoms with Crippen molar-refractivity contribution in [3.8, 4) is 0 Å². The van der Waals surface area contributed by atoms with E-state index in [1.165, 1.54) is 32.4 Å². The average Bonchev–Trinajstić information content (AvgIpc) is 2.79. The lowest BCUT2D eigenvalue weighted by Gasteiger charge is -2.48. The van der Waals surface area contributed by atoms with Crippen LogP contribution in [0.2, 0.25) is 0 Å². The number of rotatable bonds is 6. The number of carbonyl (C=O) groups is 1. The molecule has 8 N–H and O–H groups in total. The third kappa shape index (κ3) is 6.00. The Labute approximate surface area is 193 Å². The number of nitrogens with zero attached hydrogens (tertiary/aromatic N) is 2. The largest absolute Gasteiger partial charge is 0.369 e. The van der Waals surface area contributed by atoms with Gasteiger partial charge in [0, 0.05) is 37.8 Å². The molecule has 0 aromatic carbocycles. The highest BCUT2D eigenvalue weighted by molar-refractivity contribution is 5.77. The SMILES string of the molecule is CC(C)C1CC(NC2NC(N3CCC[C@H](N)C3)NCC2C(N)=O)CC(N2CCCCC2)N1. The van der Waals surface area contributed by atoms with E-state index in [1.807, 2.05) is 0 Å². The van der Waals surface area contributed by atoms with Crippen molar-refractivity contribution in [2.24, 2.45) is 23.3 Å². The van der Waals surface area contributed by atoms with Gasteiger partial charge in [0.15, 0.2) is 0 Å². The molecular weight excluding hydrogens is 404 g/mol. The van der Waals surface area contributed by atoms with Crippen molar-refractivity contribution < 1.29 is 4.79 Å². The highest BCUT2D eigenvalue weighted by Gasteiger charge is 2.40. The molecule has 7 atom stereocenters. The molecule has 4 rings (SSSR count). The molecule has 184 valence electrons. The molecule has 32 heavy (non-hydrogen) atoms. The number of carbonyl (C=O) groups excluding carboxylic acids is 1. The molecule has 0 aliphatic carbocycles. The van der Waals surface area contributed by atoms with Crippen LogP contribution in [0, 0.1) is 11.8 Å². The Kier molecular flexibility index (Phi) is 8.42. The first-order valence-electron chi connectivity index (χ1n) is 12.9. The van der Waals surface area contributed by atoms with Crippen LogP contribution in [0.3, 0.4) is 0 Å². The van der Waals surface area contributed by atoms with E-state index in [0.717, 1.165) is 38.8 Å². The highest BCUT2D eigenvalue weighted by Crippen LogP contribution is 2.25. The van der Waals surface area contributed by atoms with Gasteiger partial charge in [-0.1, -0.05) is 20.3 Å². The van der Waals surface area contributed by atoms with Crippen LogP contribution in [0.15, 0.2) is 0 Å². The maximum Gasteiger partial charge on any atom is 0.224 e. The number of hydrogen-bond donors (Lipinski definition) is 6. The third-order valence-corrected chi connectivity index (χ3v) is 7.99. The minimum Gasteiger partial charge on any atom is -0.369 e. The van der Waals surface area contributed by atoms with E-state index in [9.17, 15) is 4.79 Å². The molecule has 9 nitrogen and oxygen atoms in total. The lowest BCUT2D eigenvalue weighted by molar-refractivity contribution is -0.124. The van der Waals surface area contributed by atoms with Crippen LogP contribution < -0.4 is 32.7 Å². The van der Waals surface area contributed by atoms with E-state index < -0.39 is 0 Å². The predicted octanol–water partition coefficient (Wildman–Crippen LogP) is -0.508. The number of likely N-dealkylation sites (tertiary alicyclic amines) is 2. The van der Waals surface area contributed by atoms with Gasteiger partial charge in [-0.15, -0.1) is 0 Å². The second kappa shape index (κ2) is 11.1. The van der Waals surface area contributed by atoms with Gasteiger partial charge >= 0.3 is 0 Å². The van der Waals surface area contributed by atoms with Gasteiger partial charge in [0.25, 0.3) is 0 Å². The molecule has 0 aromatic heterocycles. The van der Waals surface area contributed by atoms with Crippen molar-refractivity contribution in [3.05, 3.63) is 0 Å². The van der Waals surface area contributed by atoms with Crippen LogP contribution in [-0.4, -0.2) is 85.2 Å². The Balaban J connectivity index is 1.43. The molecule has 6 unspecified atom stereocenters. The molecule has 4 saturated heterocycles. The Bertz CT molecular complexity index is 613. The van der Waals surface area contributed by atoms with Gasteiger partial charge in [-0.3, -0.25) is 35.9 Å². The first-order chi connectivity index (χ1) is 15.4. The average molecular weight is 451 g/mol. The minimum atomic E-state index is -0.273. The molecule has 0 bridgehead atoms. The van der Waals surface area contributed by atoms with Crippen molar-refractivity contribution in [1.82, 2.24) is 31.1 Å². The summed E-state index contributed by atoms with van der Waals surface area (Å²) >= 11 is 0. The Morgan fingerprint density at radius 2 is 1.78 bits per heavy atom. The van der Waals surface area contributed by atoms with Crippen molar-refractivity contribution in [2.75, 3.05) is 32.7 Å². The number of piperidine rings is 3. The van der Waals surface area contributed by atoms with Crippen LogP contribution in [0.5, 0.6) is 0 Å². The molecule has 4 heterocycles. The molecule has 4 aliphatic rings. The molecule has 1 amide bonds. The lowest BCUT2D eigenvalue weighted by atomic mass is 9.88. The lowest BCUT2D eigenvalue weighted by Crippen LogP contribution is -2.73. The zero-order valence-corrected chi connectivity index (χ0v) is 20.1. The van der Waals surface area contributed by atoms with Gasteiger partial charge in [-0.05, 0) is 57.5 Å². The normalized spacial score (nSPS) is 40.4. The maximum atomic E-state index is 12.3. The van der Waals surface area contributed by atoms with Crippen LogP contribution in [0.25, 0.3) is 0 Å². The summed E-state index contributed by atoms with van der Waals surface area (Å²) in [6.45, 7) is 9.45. The van der Waals surface area contributed by atoms with E-state index in [2.05, 4.69) is 44.9 Å². The summed E-state index contributed by atoms with van der Waals surface area (Å²) in [5.74, 6) is 0.0474. The molecule has 0 spiro atoms. The summed E-state index contributed by atoms with van der Waals surface area (Å²) in [7, 11) is 0. The summed E-state index contributed by atoms with van der Waals surface area (Å²) in [5, 5.41) is 14.9. The van der Waals surface area contributed by atoms with Gasteiger partial charge in [-0.2, -0.15) is 0 Å². The second-order valence-corrected chi connectivity index (χ2v) is 10.8. The summed E-state index contributed by atoms with van der Waals surface area (Å²) < 4.78 is 0. The van der Waals surface area contributed by atoms with E-state index in [0.29, 0.717) is 30.7 Å². The summed E-state index contributed by atoms with van der Waals surface area (Å²) in [4.78, 5) is 17.3. The number of hydrogen-bond acceptors (Lipinski definition) is 8. The fourth-order valence-electron chi connectivity index (χ4n) is 6.03. The number of amides is 1. The first-order valence-corrected chi connectivity index (χ1v) is 12.9. The van der Waals surface area contributed by atoms with Crippen LogP contribution in [0.4, 0.5) is 0 Å². The van der Waals surface area contributed by atoms with Crippen molar-refractivity contribution in [2.45, 2.75) is 95.5 Å². The standard InChI is InChI=1S/C23H46N8O/c1-15(2)19-11-17(12-20(28-19)30-8-4-3-5-9-30)27-22-18(21(25)32)13-26-23(29-22)31-10-6-7-16(24)14-31/h15-20,22-23,26-29H,3-14,24H2,1-2H3,(H2,25,32)/t16-,17?,18?,19?,20?,22?,23?/m0/s1. The summed E-state index contributed by atoms with van der Waals surface area (Å²) in [6, 6.07) is 1.03. The van der Waals surface area contributed by atoms with Crippen molar-refractivity contribution in [3.63, 3.8) is 0 Å². The van der Waals surface area contributed by atoms with E-state index in [1.54, 1.807) is 0 Å². The molecule has 4 fully saturated rings. The van der Waals surface area contributed by atoms with Gasteiger partial charge < -0.3 is 11.5 Å². The van der Waals surface area contributed by atoms with E-state index >= 15 is 0 Å². The molecule has 0 aromatic rings. The molecular formula is C23H46N8O.